The zero-order valence-corrected chi connectivity index (χ0v) is 24.1. The number of epoxide rings is 1. The van der Waals surface area contributed by atoms with E-state index in [0.717, 1.165) is 24.8 Å². The summed E-state index contributed by atoms with van der Waals surface area (Å²) in [7, 11) is 3.06. The van der Waals surface area contributed by atoms with Crippen LogP contribution in [0.25, 0.3) is 0 Å². The highest BCUT2D eigenvalue weighted by Gasteiger charge is 2.50. The monoisotopic (exact) mass is 547 g/mol. The van der Waals surface area contributed by atoms with Gasteiger partial charge in [0.25, 0.3) is 0 Å². The molecule has 218 valence electrons. The number of carbonyl (C=O) groups is 4. The van der Waals surface area contributed by atoms with Gasteiger partial charge in [0.2, 0.25) is 17.7 Å². The fourth-order valence-electron chi connectivity index (χ4n) is 4.43. The fraction of sp³-hybridized carbons (Fsp3) is 0.655. The number of ketones is 1. The molecular weight excluding hydrogens is 502 g/mol. The predicted octanol–water partition coefficient (Wildman–Crippen LogP) is 2.32. The number of benzene rings is 1. The fourth-order valence-corrected chi connectivity index (χ4v) is 4.43. The molecule has 0 bridgehead atoms. The summed E-state index contributed by atoms with van der Waals surface area (Å²) < 4.78 is 15.5. The second-order valence-electron chi connectivity index (χ2n) is 10.4. The van der Waals surface area contributed by atoms with Gasteiger partial charge in [0.15, 0.2) is 5.78 Å². The summed E-state index contributed by atoms with van der Waals surface area (Å²) in [5.74, 6) is -0.526. The maximum absolute atomic E-state index is 13.6. The van der Waals surface area contributed by atoms with E-state index in [0.29, 0.717) is 18.8 Å². The van der Waals surface area contributed by atoms with Crippen LogP contribution in [0, 0.1) is 5.92 Å². The first kappa shape index (κ1) is 32.2. The summed E-state index contributed by atoms with van der Waals surface area (Å²) in [6.45, 7) is 8.02. The smallest absolute Gasteiger partial charge is 0.243 e. The highest BCUT2D eigenvalue weighted by atomic mass is 16.6. The van der Waals surface area contributed by atoms with E-state index in [1.165, 1.54) is 7.11 Å². The first-order valence-electron chi connectivity index (χ1n) is 13.8. The minimum atomic E-state index is -0.973. The van der Waals surface area contributed by atoms with Crippen LogP contribution >= 0.6 is 0 Å². The van der Waals surface area contributed by atoms with Crippen LogP contribution in [-0.2, 0) is 35.1 Å². The lowest BCUT2D eigenvalue weighted by molar-refractivity contribution is -0.134. The second-order valence-corrected chi connectivity index (χ2v) is 10.4. The highest BCUT2D eigenvalue weighted by molar-refractivity contribution is 5.98. The number of carbonyl (C=O) groups excluding carboxylic acids is 4. The molecule has 0 aliphatic carbocycles. The van der Waals surface area contributed by atoms with Crippen LogP contribution in [0.15, 0.2) is 24.3 Å². The van der Waals surface area contributed by atoms with Crippen LogP contribution in [0.4, 0.5) is 0 Å². The van der Waals surface area contributed by atoms with Crippen molar-refractivity contribution in [2.45, 2.75) is 89.9 Å². The molecular formula is C29H45N3O7. The van der Waals surface area contributed by atoms with Crippen molar-refractivity contribution in [2.75, 3.05) is 27.4 Å². The normalized spacial score (nSPS) is 19.2. The van der Waals surface area contributed by atoms with Gasteiger partial charge in [-0.1, -0.05) is 45.2 Å². The molecule has 0 aromatic heterocycles. The largest absolute Gasteiger partial charge is 0.497 e. The highest BCUT2D eigenvalue weighted by Crippen LogP contribution is 2.31. The molecule has 2 rings (SSSR count). The summed E-state index contributed by atoms with van der Waals surface area (Å²) in [5, 5.41) is 8.33. The maximum Gasteiger partial charge on any atom is 0.243 e. The Balaban J connectivity index is 2.23. The van der Waals surface area contributed by atoms with Gasteiger partial charge in [-0.2, -0.15) is 0 Å². The van der Waals surface area contributed by atoms with Crippen LogP contribution in [-0.4, -0.2) is 74.7 Å². The number of Topliss-reactive ketones (excluding diaryl/α,β-unsaturated/α-hetero) is 1. The molecule has 5 atom stereocenters. The van der Waals surface area contributed by atoms with Crippen molar-refractivity contribution in [1.82, 2.24) is 16.0 Å². The van der Waals surface area contributed by atoms with Crippen LogP contribution in [0.1, 0.15) is 65.4 Å². The van der Waals surface area contributed by atoms with Crippen molar-refractivity contribution in [1.29, 1.82) is 0 Å². The average molecular weight is 548 g/mol. The summed E-state index contributed by atoms with van der Waals surface area (Å²) in [6, 6.07) is 4.61. The minimum Gasteiger partial charge on any atom is -0.497 e. The van der Waals surface area contributed by atoms with Gasteiger partial charge in [-0.3, -0.25) is 19.2 Å². The number of methoxy groups -OCH3 is 2. The van der Waals surface area contributed by atoms with Crippen molar-refractivity contribution in [3.8, 4) is 5.75 Å². The lowest BCUT2D eigenvalue weighted by Crippen LogP contribution is -2.57. The summed E-state index contributed by atoms with van der Waals surface area (Å²) in [4.78, 5) is 52.0. The third-order valence-corrected chi connectivity index (χ3v) is 7.11. The molecule has 1 heterocycles. The maximum atomic E-state index is 13.6. The van der Waals surface area contributed by atoms with Gasteiger partial charge < -0.3 is 30.2 Å². The molecule has 3 N–H and O–H groups in total. The third-order valence-electron chi connectivity index (χ3n) is 7.11. The van der Waals surface area contributed by atoms with E-state index in [1.807, 2.05) is 12.1 Å². The van der Waals surface area contributed by atoms with Crippen molar-refractivity contribution in [2.24, 2.45) is 5.92 Å². The van der Waals surface area contributed by atoms with Crippen LogP contribution in [0.5, 0.6) is 5.75 Å². The number of ether oxygens (including phenoxy) is 3. The van der Waals surface area contributed by atoms with Crippen LogP contribution in [0.2, 0.25) is 0 Å². The molecule has 1 saturated heterocycles. The molecule has 1 aromatic carbocycles. The van der Waals surface area contributed by atoms with Gasteiger partial charge in [-0.05, 0) is 43.9 Å². The minimum absolute atomic E-state index is 0.116. The Morgan fingerprint density at radius 2 is 1.64 bits per heavy atom. The van der Waals surface area contributed by atoms with Gasteiger partial charge in [0.05, 0.1) is 26.4 Å². The van der Waals surface area contributed by atoms with E-state index in [9.17, 15) is 19.2 Å². The van der Waals surface area contributed by atoms with E-state index in [2.05, 4.69) is 29.8 Å². The van der Waals surface area contributed by atoms with Gasteiger partial charge in [0.1, 0.15) is 23.4 Å². The summed E-state index contributed by atoms with van der Waals surface area (Å²) in [5.41, 5.74) is -0.0936. The predicted molar refractivity (Wildman–Crippen MR) is 147 cm³/mol. The van der Waals surface area contributed by atoms with E-state index >= 15 is 0 Å². The molecule has 1 aliphatic rings. The van der Waals surface area contributed by atoms with Crippen molar-refractivity contribution in [3.05, 3.63) is 29.8 Å². The van der Waals surface area contributed by atoms with E-state index < -0.39 is 35.5 Å². The van der Waals surface area contributed by atoms with Gasteiger partial charge in [0, 0.05) is 20.0 Å². The van der Waals surface area contributed by atoms with Crippen LogP contribution in [0.3, 0.4) is 0 Å². The average Bonchev–Trinajstić information content (AvgIpc) is 3.68. The van der Waals surface area contributed by atoms with Crippen LogP contribution < -0.4 is 20.7 Å². The zero-order valence-electron chi connectivity index (χ0n) is 24.1. The second kappa shape index (κ2) is 15.6. The number of amides is 3. The molecule has 1 aromatic rings. The zero-order chi connectivity index (χ0) is 29.0. The summed E-state index contributed by atoms with van der Waals surface area (Å²) in [6.07, 6.45) is 3.61. The molecule has 1 aliphatic heterocycles. The molecule has 0 radical (unpaired) electrons. The molecule has 1 fully saturated rings. The Morgan fingerprint density at radius 1 is 1.00 bits per heavy atom. The molecule has 39 heavy (non-hydrogen) atoms. The Bertz CT molecular complexity index is 962. The van der Waals surface area contributed by atoms with Gasteiger partial charge in [-0.25, -0.2) is 0 Å². The first-order chi connectivity index (χ1) is 18.6. The molecule has 0 saturated carbocycles. The standard InChI is InChI=1S/C29H45N3O7/c1-7-9-20(8-2)16-23(26(34)29(4)18-39-29)31-28(36)24(17-21-10-12-22(38-6)13-11-21)32-27(35)19(3)30-25(33)14-15-37-5/h10-13,19-20,23-24H,7-9,14-18H2,1-6H3,(H,30,33)(H,31,36)(H,32,35). The number of hydrogen-bond acceptors (Lipinski definition) is 7. The lowest BCUT2D eigenvalue weighted by Gasteiger charge is -2.27. The quantitative estimate of drug-likeness (QED) is 0.240. The molecule has 10 heteroatoms. The van der Waals surface area contributed by atoms with Crippen molar-refractivity contribution < 1.29 is 33.4 Å². The van der Waals surface area contributed by atoms with E-state index in [4.69, 9.17) is 14.2 Å². The number of rotatable bonds is 18. The number of nitrogens with one attached hydrogen (secondary N) is 3. The third kappa shape index (κ3) is 10.3. The molecule has 0 spiro atoms. The van der Waals surface area contributed by atoms with Gasteiger partial charge >= 0.3 is 0 Å². The van der Waals surface area contributed by atoms with E-state index in [1.54, 1.807) is 33.1 Å². The Labute approximate surface area is 231 Å². The Morgan fingerprint density at radius 3 is 2.18 bits per heavy atom. The Kier molecular flexibility index (Phi) is 12.9. The number of hydrogen-bond donors (Lipinski definition) is 3. The molecule has 5 unspecified atom stereocenters. The van der Waals surface area contributed by atoms with Gasteiger partial charge in [-0.15, -0.1) is 0 Å². The van der Waals surface area contributed by atoms with E-state index in [-0.39, 0.29) is 37.1 Å². The first-order valence-corrected chi connectivity index (χ1v) is 13.8. The molecule has 3 amide bonds. The molecule has 10 nitrogen and oxygen atoms in total. The summed E-state index contributed by atoms with van der Waals surface area (Å²) >= 11 is 0. The topological polar surface area (TPSA) is 135 Å². The SMILES string of the molecule is CCCC(CC)CC(NC(=O)C(Cc1ccc(OC)cc1)NC(=O)C(C)NC(=O)CCOC)C(=O)C1(C)CO1. The van der Waals surface area contributed by atoms with Crippen molar-refractivity contribution >= 4 is 23.5 Å². The lowest BCUT2D eigenvalue weighted by atomic mass is 9.88. The van der Waals surface area contributed by atoms with Crippen molar-refractivity contribution in [3.63, 3.8) is 0 Å². The Hall–Kier alpha value is -2.98.